The highest BCUT2D eigenvalue weighted by molar-refractivity contribution is 5.47. The second-order valence-electron chi connectivity index (χ2n) is 4.80. The van der Waals surface area contributed by atoms with Crippen LogP contribution in [0.3, 0.4) is 0 Å². The Labute approximate surface area is 112 Å². The second kappa shape index (κ2) is 4.50. The largest absolute Gasteiger partial charge is 0.504 e. The first-order valence-electron chi connectivity index (χ1n) is 6.33. The van der Waals surface area contributed by atoms with Gasteiger partial charge in [0.1, 0.15) is 11.9 Å². The minimum absolute atomic E-state index is 0.0353. The van der Waals surface area contributed by atoms with Crippen molar-refractivity contribution in [3.63, 3.8) is 0 Å². The third-order valence-electron chi connectivity index (χ3n) is 3.65. The fraction of sp³-hybridized carbons (Fsp3) is 0.250. The van der Waals surface area contributed by atoms with E-state index in [4.69, 9.17) is 9.47 Å². The lowest BCUT2D eigenvalue weighted by Crippen LogP contribution is -2.07. The summed E-state index contributed by atoms with van der Waals surface area (Å²) < 4.78 is 11.2. The first kappa shape index (κ1) is 11.9. The predicted octanol–water partition coefficient (Wildman–Crippen LogP) is 3.64. The molecule has 1 aliphatic rings. The molecule has 3 nitrogen and oxygen atoms in total. The van der Waals surface area contributed by atoms with E-state index in [1.165, 1.54) is 5.56 Å². The number of methoxy groups -OCH3 is 1. The minimum Gasteiger partial charge on any atom is -0.504 e. The maximum atomic E-state index is 9.65. The summed E-state index contributed by atoms with van der Waals surface area (Å²) in [5.74, 6) is 1.84. The smallest absolute Gasteiger partial charge is 0.160 e. The van der Waals surface area contributed by atoms with Gasteiger partial charge in [0, 0.05) is 11.5 Å². The zero-order chi connectivity index (χ0) is 13.4. The van der Waals surface area contributed by atoms with Crippen molar-refractivity contribution >= 4 is 0 Å². The van der Waals surface area contributed by atoms with Gasteiger partial charge in [-0.15, -0.1) is 0 Å². The second-order valence-corrected chi connectivity index (χ2v) is 4.80. The van der Waals surface area contributed by atoms with Crippen molar-refractivity contribution in [3.05, 3.63) is 53.6 Å². The molecule has 1 N–H and O–H groups in total. The summed E-state index contributed by atoms with van der Waals surface area (Å²) >= 11 is 0. The Morgan fingerprint density at radius 2 is 1.95 bits per heavy atom. The first-order chi connectivity index (χ1) is 9.20. The molecule has 3 rings (SSSR count). The fourth-order valence-electron chi connectivity index (χ4n) is 2.59. The average Bonchev–Trinajstić information content (AvgIpc) is 2.77. The van der Waals surface area contributed by atoms with Crippen LogP contribution in [0.4, 0.5) is 0 Å². The Bertz CT molecular complexity index is 607. The summed E-state index contributed by atoms with van der Waals surface area (Å²) in [6.07, 6.45) is -0.0353. The van der Waals surface area contributed by atoms with Gasteiger partial charge in [0.2, 0.25) is 0 Å². The van der Waals surface area contributed by atoms with Gasteiger partial charge in [-0.25, -0.2) is 0 Å². The third-order valence-corrected chi connectivity index (χ3v) is 3.65. The van der Waals surface area contributed by atoms with Gasteiger partial charge in [-0.3, -0.25) is 0 Å². The number of aromatic hydroxyl groups is 1. The van der Waals surface area contributed by atoms with Gasteiger partial charge in [0.15, 0.2) is 11.5 Å². The molecule has 0 saturated carbocycles. The highest BCUT2D eigenvalue weighted by Crippen LogP contribution is 2.46. The lowest BCUT2D eigenvalue weighted by atomic mass is 9.93. The highest BCUT2D eigenvalue weighted by atomic mass is 16.5. The number of fused-ring (bicyclic) bond motifs is 1. The van der Waals surface area contributed by atoms with E-state index in [2.05, 4.69) is 13.0 Å². The summed E-state index contributed by atoms with van der Waals surface area (Å²) in [6.45, 7) is 2.15. The van der Waals surface area contributed by atoms with Crippen LogP contribution in [0.5, 0.6) is 17.2 Å². The molecule has 0 aromatic heterocycles. The summed E-state index contributed by atoms with van der Waals surface area (Å²) in [5, 5.41) is 9.65. The first-order valence-corrected chi connectivity index (χ1v) is 6.33. The molecule has 2 aromatic rings. The molecular weight excluding hydrogens is 240 g/mol. The standard InChI is InChI=1S/C16H16O3/c1-10-12-5-3-4-6-14(12)19-16(10)11-7-8-13(17)15(9-11)18-2/h3-10,16-17H,1-2H3/t10-,16-/m1/s1. The summed E-state index contributed by atoms with van der Waals surface area (Å²) in [5.41, 5.74) is 2.23. The maximum absolute atomic E-state index is 9.65. The summed E-state index contributed by atoms with van der Waals surface area (Å²) in [7, 11) is 1.55. The molecule has 1 aliphatic heterocycles. The van der Waals surface area contributed by atoms with Gasteiger partial charge in [-0.1, -0.05) is 31.2 Å². The quantitative estimate of drug-likeness (QED) is 0.891. The van der Waals surface area contributed by atoms with Crippen molar-refractivity contribution in [2.24, 2.45) is 0 Å². The zero-order valence-corrected chi connectivity index (χ0v) is 11.0. The Hall–Kier alpha value is -2.16. The van der Waals surface area contributed by atoms with E-state index in [0.29, 0.717) is 5.75 Å². The zero-order valence-electron chi connectivity index (χ0n) is 11.0. The van der Waals surface area contributed by atoms with Crippen molar-refractivity contribution in [1.82, 2.24) is 0 Å². The van der Waals surface area contributed by atoms with Crippen LogP contribution in [0.1, 0.15) is 30.1 Å². The van der Waals surface area contributed by atoms with Gasteiger partial charge in [-0.2, -0.15) is 0 Å². The maximum Gasteiger partial charge on any atom is 0.160 e. The number of ether oxygens (including phenoxy) is 2. The minimum atomic E-state index is -0.0353. The lowest BCUT2D eigenvalue weighted by molar-refractivity contribution is 0.215. The number of rotatable bonds is 2. The van der Waals surface area contributed by atoms with Crippen molar-refractivity contribution in [2.45, 2.75) is 18.9 Å². The van der Waals surface area contributed by atoms with Crippen LogP contribution < -0.4 is 9.47 Å². The number of hydrogen-bond acceptors (Lipinski definition) is 3. The monoisotopic (exact) mass is 256 g/mol. The van der Waals surface area contributed by atoms with Crippen LogP contribution in [0, 0.1) is 0 Å². The SMILES string of the molecule is COc1cc([C@@H]2Oc3ccccc3[C@H]2C)ccc1O. The topological polar surface area (TPSA) is 38.7 Å². The van der Waals surface area contributed by atoms with E-state index in [1.54, 1.807) is 13.2 Å². The van der Waals surface area contributed by atoms with Crippen molar-refractivity contribution < 1.29 is 14.6 Å². The van der Waals surface area contributed by atoms with Crippen LogP contribution in [0.2, 0.25) is 0 Å². The molecule has 0 radical (unpaired) electrons. The van der Waals surface area contributed by atoms with Crippen LogP contribution in [0.25, 0.3) is 0 Å². The molecule has 1 heterocycles. The molecule has 0 amide bonds. The number of phenols is 1. The van der Waals surface area contributed by atoms with Gasteiger partial charge >= 0.3 is 0 Å². The van der Waals surface area contributed by atoms with E-state index >= 15 is 0 Å². The number of hydrogen-bond donors (Lipinski definition) is 1. The van der Waals surface area contributed by atoms with E-state index in [1.807, 2.05) is 30.3 Å². The molecule has 0 fully saturated rings. The molecule has 0 saturated heterocycles. The Kier molecular flexibility index (Phi) is 2.82. The predicted molar refractivity (Wildman–Crippen MR) is 72.9 cm³/mol. The Morgan fingerprint density at radius 1 is 1.16 bits per heavy atom. The number of para-hydroxylation sites is 1. The molecule has 0 unspecified atom stereocenters. The molecule has 0 bridgehead atoms. The Balaban J connectivity index is 1.97. The summed E-state index contributed by atoms with van der Waals surface area (Å²) in [6, 6.07) is 13.4. The molecule has 0 spiro atoms. The molecular formula is C16H16O3. The molecule has 2 aromatic carbocycles. The van der Waals surface area contributed by atoms with Crippen LogP contribution in [-0.2, 0) is 0 Å². The molecule has 2 atom stereocenters. The normalized spacial score (nSPS) is 20.7. The van der Waals surface area contributed by atoms with Crippen LogP contribution in [0.15, 0.2) is 42.5 Å². The van der Waals surface area contributed by atoms with Crippen LogP contribution in [-0.4, -0.2) is 12.2 Å². The van der Waals surface area contributed by atoms with E-state index in [9.17, 15) is 5.11 Å². The lowest BCUT2D eigenvalue weighted by Gasteiger charge is -2.17. The molecule has 3 heteroatoms. The van der Waals surface area contributed by atoms with Gasteiger partial charge in [0.05, 0.1) is 7.11 Å². The van der Waals surface area contributed by atoms with Gasteiger partial charge < -0.3 is 14.6 Å². The average molecular weight is 256 g/mol. The number of phenolic OH excluding ortho intramolecular Hbond substituents is 1. The van der Waals surface area contributed by atoms with E-state index in [0.717, 1.165) is 11.3 Å². The van der Waals surface area contributed by atoms with E-state index < -0.39 is 0 Å². The number of benzene rings is 2. The fourth-order valence-corrected chi connectivity index (χ4v) is 2.59. The van der Waals surface area contributed by atoms with Crippen molar-refractivity contribution in [2.75, 3.05) is 7.11 Å². The van der Waals surface area contributed by atoms with Crippen molar-refractivity contribution in [3.8, 4) is 17.2 Å². The summed E-state index contributed by atoms with van der Waals surface area (Å²) in [4.78, 5) is 0. The highest BCUT2D eigenvalue weighted by Gasteiger charge is 2.32. The van der Waals surface area contributed by atoms with Crippen molar-refractivity contribution in [1.29, 1.82) is 0 Å². The van der Waals surface area contributed by atoms with Crippen LogP contribution >= 0.6 is 0 Å². The van der Waals surface area contributed by atoms with Gasteiger partial charge in [0.25, 0.3) is 0 Å². The third kappa shape index (κ3) is 1.91. The van der Waals surface area contributed by atoms with Gasteiger partial charge in [-0.05, 0) is 23.8 Å². The Morgan fingerprint density at radius 3 is 2.68 bits per heavy atom. The molecule has 0 aliphatic carbocycles. The molecule has 98 valence electrons. The molecule has 19 heavy (non-hydrogen) atoms. The van der Waals surface area contributed by atoms with E-state index in [-0.39, 0.29) is 17.8 Å².